The Kier molecular flexibility index (Phi) is 6.54. The van der Waals surface area contributed by atoms with Crippen LogP contribution in [-0.4, -0.2) is 99.3 Å². The van der Waals surface area contributed by atoms with E-state index in [1.807, 2.05) is 7.05 Å². The van der Waals surface area contributed by atoms with Crippen molar-refractivity contribution in [3.05, 3.63) is 0 Å². The highest BCUT2D eigenvalue weighted by Crippen LogP contribution is 2.17. The number of guanidine groups is 1. The lowest BCUT2D eigenvalue weighted by Crippen LogP contribution is -2.47. The average Bonchev–Trinajstić information content (AvgIpc) is 3.10. The van der Waals surface area contributed by atoms with Crippen LogP contribution >= 0.6 is 0 Å². The van der Waals surface area contributed by atoms with Gasteiger partial charge in [-0.3, -0.25) is 9.89 Å². The molecular formula is C17H33N5O. The van der Waals surface area contributed by atoms with Gasteiger partial charge in [-0.1, -0.05) is 6.42 Å². The van der Waals surface area contributed by atoms with E-state index in [-0.39, 0.29) is 0 Å². The molecule has 0 aliphatic carbocycles. The van der Waals surface area contributed by atoms with Crippen LogP contribution in [0.5, 0.6) is 0 Å². The van der Waals surface area contributed by atoms with Crippen LogP contribution in [0.25, 0.3) is 0 Å². The number of nitrogens with one attached hydrogen (secondary N) is 1. The second-order valence-electron chi connectivity index (χ2n) is 6.91. The molecule has 0 amide bonds. The van der Waals surface area contributed by atoms with Gasteiger partial charge in [-0.05, 0) is 32.4 Å². The van der Waals surface area contributed by atoms with Crippen LogP contribution in [0.4, 0.5) is 0 Å². The van der Waals surface area contributed by atoms with E-state index in [1.165, 1.54) is 38.8 Å². The molecule has 3 saturated heterocycles. The second kappa shape index (κ2) is 8.85. The fraction of sp³-hybridized carbons (Fsp3) is 0.941. The first-order chi connectivity index (χ1) is 11.4. The summed E-state index contributed by atoms with van der Waals surface area (Å²) in [5.74, 6) is 1.08. The number of ether oxygens (including phenoxy) is 1. The summed E-state index contributed by atoms with van der Waals surface area (Å²) < 4.78 is 5.47. The fourth-order valence-electron chi connectivity index (χ4n) is 4.02. The molecule has 3 aliphatic heterocycles. The van der Waals surface area contributed by atoms with E-state index in [2.05, 4.69) is 25.0 Å². The van der Waals surface area contributed by atoms with Gasteiger partial charge < -0.3 is 19.9 Å². The van der Waals surface area contributed by atoms with Crippen molar-refractivity contribution in [2.45, 2.75) is 31.7 Å². The van der Waals surface area contributed by atoms with Crippen molar-refractivity contribution < 1.29 is 4.74 Å². The molecule has 1 atom stereocenters. The minimum Gasteiger partial charge on any atom is -0.379 e. The lowest BCUT2D eigenvalue weighted by atomic mass is 10.1. The van der Waals surface area contributed by atoms with Gasteiger partial charge in [0, 0.05) is 52.4 Å². The molecule has 6 heteroatoms. The number of rotatable bonds is 4. The number of piperidine rings is 1. The Hall–Kier alpha value is -0.850. The third kappa shape index (κ3) is 4.81. The van der Waals surface area contributed by atoms with Crippen LogP contribution in [0.15, 0.2) is 4.99 Å². The predicted octanol–water partition coefficient (Wildman–Crippen LogP) is 0.454. The second-order valence-corrected chi connectivity index (χ2v) is 6.91. The smallest absolute Gasteiger partial charge is 0.193 e. The highest BCUT2D eigenvalue weighted by molar-refractivity contribution is 5.80. The molecule has 0 aromatic carbocycles. The van der Waals surface area contributed by atoms with Crippen molar-refractivity contribution >= 4 is 5.96 Å². The third-order valence-corrected chi connectivity index (χ3v) is 5.40. The van der Waals surface area contributed by atoms with Gasteiger partial charge in [0.2, 0.25) is 0 Å². The van der Waals surface area contributed by atoms with Gasteiger partial charge in [-0.2, -0.15) is 0 Å². The van der Waals surface area contributed by atoms with Gasteiger partial charge in [-0.15, -0.1) is 0 Å². The molecule has 0 aromatic rings. The molecule has 3 rings (SSSR count). The minimum atomic E-state index is 0.666. The van der Waals surface area contributed by atoms with Crippen molar-refractivity contribution in [3.8, 4) is 0 Å². The Morgan fingerprint density at radius 3 is 2.61 bits per heavy atom. The Morgan fingerprint density at radius 2 is 1.87 bits per heavy atom. The zero-order valence-corrected chi connectivity index (χ0v) is 14.7. The SMILES string of the molecule is CN=C(NCCN1CCCCC1)N1CCC(N2CCOCC2)C1. The van der Waals surface area contributed by atoms with Crippen LogP contribution in [0, 0.1) is 0 Å². The molecule has 1 unspecified atom stereocenters. The van der Waals surface area contributed by atoms with E-state index >= 15 is 0 Å². The van der Waals surface area contributed by atoms with Gasteiger partial charge in [0.05, 0.1) is 13.2 Å². The molecule has 0 radical (unpaired) electrons. The van der Waals surface area contributed by atoms with Crippen LogP contribution in [-0.2, 0) is 4.74 Å². The zero-order valence-electron chi connectivity index (χ0n) is 14.7. The number of hydrogen-bond donors (Lipinski definition) is 1. The fourth-order valence-corrected chi connectivity index (χ4v) is 4.02. The lowest BCUT2D eigenvalue weighted by molar-refractivity contribution is 0.0195. The van der Waals surface area contributed by atoms with Gasteiger partial charge >= 0.3 is 0 Å². The molecular weight excluding hydrogens is 290 g/mol. The maximum atomic E-state index is 5.47. The summed E-state index contributed by atoms with van der Waals surface area (Å²) in [5, 5.41) is 3.57. The molecule has 0 spiro atoms. The van der Waals surface area contributed by atoms with Crippen molar-refractivity contribution in [3.63, 3.8) is 0 Å². The first kappa shape index (κ1) is 17.0. The lowest BCUT2D eigenvalue weighted by Gasteiger charge is -2.32. The number of aliphatic imine (C=N–C) groups is 1. The highest BCUT2D eigenvalue weighted by Gasteiger charge is 2.30. The largest absolute Gasteiger partial charge is 0.379 e. The number of likely N-dealkylation sites (tertiary alicyclic amines) is 2. The Balaban J connectivity index is 1.40. The molecule has 23 heavy (non-hydrogen) atoms. The molecule has 3 heterocycles. The summed E-state index contributed by atoms with van der Waals surface area (Å²) in [5.41, 5.74) is 0. The molecule has 0 aromatic heterocycles. The highest BCUT2D eigenvalue weighted by atomic mass is 16.5. The summed E-state index contributed by atoms with van der Waals surface area (Å²) in [6.07, 6.45) is 5.37. The van der Waals surface area contributed by atoms with E-state index in [9.17, 15) is 0 Å². The molecule has 1 N–H and O–H groups in total. The predicted molar refractivity (Wildman–Crippen MR) is 94.0 cm³/mol. The number of morpholine rings is 1. The van der Waals surface area contributed by atoms with Gasteiger partial charge in [0.1, 0.15) is 0 Å². The molecule has 0 bridgehead atoms. The van der Waals surface area contributed by atoms with Gasteiger partial charge in [0.15, 0.2) is 5.96 Å². The number of nitrogens with zero attached hydrogens (tertiary/aromatic N) is 4. The third-order valence-electron chi connectivity index (χ3n) is 5.40. The standard InChI is InChI=1S/C17H33N5O/c1-18-17(19-6-10-20-7-3-2-4-8-20)22-9-5-16(15-22)21-11-13-23-14-12-21/h16H,2-15H2,1H3,(H,18,19). The maximum Gasteiger partial charge on any atom is 0.193 e. The van der Waals surface area contributed by atoms with E-state index in [0.29, 0.717) is 6.04 Å². The van der Waals surface area contributed by atoms with Crippen molar-refractivity contribution in [1.29, 1.82) is 0 Å². The average molecular weight is 323 g/mol. The van der Waals surface area contributed by atoms with Crippen LogP contribution in [0.3, 0.4) is 0 Å². The molecule has 3 aliphatic rings. The van der Waals surface area contributed by atoms with Gasteiger partial charge in [-0.25, -0.2) is 0 Å². The van der Waals surface area contributed by atoms with Crippen molar-refractivity contribution in [2.75, 3.05) is 72.6 Å². The van der Waals surface area contributed by atoms with Crippen LogP contribution in [0.1, 0.15) is 25.7 Å². The topological polar surface area (TPSA) is 43.3 Å². The zero-order chi connectivity index (χ0) is 15.9. The minimum absolute atomic E-state index is 0.666. The maximum absolute atomic E-state index is 5.47. The van der Waals surface area contributed by atoms with E-state index in [1.54, 1.807) is 0 Å². The first-order valence-corrected chi connectivity index (χ1v) is 9.36. The Morgan fingerprint density at radius 1 is 1.09 bits per heavy atom. The monoisotopic (exact) mass is 323 g/mol. The normalized spacial score (nSPS) is 28.3. The summed E-state index contributed by atoms with van der Waals surface area (Å²) in [6, 6.07) is 0.666. The quantitative estimate of drug-likeness (QED) is 0.601. The van der Waals surface area contributed by atoms with Crippen molar-refractivity contribution in [2.24, 2.45) is 4.99 Å². The van der Waals surface area contributed by atoms with E-state index in [0.717, 1.165) is 58.4 Å². The Labute approximate surface area is 140 Å². The summed E-state index contributed by atoms with van der Waals surface area (Å²) in [6.45, 7) is 10.8. The molecule has 132 valence electrons. The summed E-state index contributed by atoms with van der Waals surface area (Å²) >= 11 is 0. The number of hydrogen-bond acceptors (Lipinski definition) is 4. The first-order valence-electron chi connectivity index (χ1n) is 9.36. The molecule has 6 nitrogen and oxygen atoms in total. The van der Waals surface area contributed by atoms with E-state index < -0.39 is 0 Å². The Bertz CT molecular complexity index is 377. The molecule has 3 fully saturated rings. The summed E-state index contributed by atoms with van der Waals surface area (Å²) in [7, 11) is 1.91. The van der Waals surface area contributed by atoms with E-state index in [4.69, 9.17) is 4.74 Å². The van der Waals surface area contributed by atoms with Crippen LogP contribution < -0.4 is 5.32 Å². The van der Waals surface area contributed by atoms with Crippen LogP contribution in [0.2, 0.25) is 0 Å². The van der Waals surface area contributed by atoms with Crippen molar-refractivity contribution in [1.82, 2.24) is 20.0 Å². The molecule has 0 saturated carbocycles. The van der Waals surface area contributed by atoms with Gasteiger partial charge in [0.25, 0.3) is 0 Å². The summed E-state index contributed by atoms with van der Waals surface area (Å²) in [4.78, 5) is 12.1.